The average Bonchev–Trinajstić information content (AvgIpc) is 2.58. The zero-order chi connectivity index (χ0) is 12.9. The molecule has 0 bridgehead atoms. The molecule has 1 heteroatoms. The molecule has 0 unspecified atom stereocenters. The number of rotatable bonds is 0. The van der Waals surface area contributed by atoms with Crippen molar-refractivity contribution in [2.75, 3.05) is 0 Å². The second kappa shape index (κ2) is 3.46. The maximum atomic E-state index is 7.16. The van der Waals surface area contributed by atoms with E-state index in [9.17, 15) is 0 Å². The first-order valence-corrected chi connectivity index (χ1v) is 6.17. The second-order valence-electron chi connectivity index (χ2n) is 5.52. The molecule has 1 aliphatic rings. The van der Waals surface area contributed by atoms with Crippen LogP contribution < -0.4 is 0 Å². The van der Waals surface area contributed by atoms with Gasteiger partial charge in [-0.1, -0.05) is 55.8 Å². The lowest BCUT2D eigenvalue weighted by Crippen LogP contribution is -2.14. The molecule has 88 valence electrons. The smallest absolute Gasteiger partial charge is 0.187 e. The summed E-state index contributed by atoms with van der Waals surface area (Å²) in [7, 11) is 0. The third kappa shape index (κ3) is 1.32. The second-order valence-corrected chi connectivity index (χ2v) is 5.52. The summed E-state index contributed by atoms with van der Waals surface area (Å²) in [4.78, 5) is 3.54. The molecule has 0 amide bonds. The molecule has 0 atom stereocenters. The number of benzene rings is 2. The van der Waals surface area contributed by atoms with E-state index in [0.29, 0.717) is 0 Å². The number of fused-ring (bicyclic) bond motifs is 3. The van der Waals surface area contributed by atoms with Gasteiger partial charge in [0.05, 0.1) is 6.57 Å². The van der Waals surface area contributed by atoms with Crippen molar-refractivity contribution >= 4 is 5.69 Å². The van der Waals surface area contributed by atoms with Crippen LogP contribution in [0.15, 0.2) is 36.4 Å². The highest BCUT2D eigenvalue weighted by atomic mass is 14.6. The molecule has 0 fully saturated rings. The van der Waals surface area contributed by atoms with E-state index in [1.54, 1.807) is 0 Å². The van der Waals surface area contributed by atoms with Crippen molar-refractivity contribution in [3.8, 4) is 11.1 Å². The summed E-state index contributed by atoms with van der Waals surface area (Å²) in [5.41, 5.74) is 7.26. The lowest BCUT2D eigenvalue weighted by atomic mass is 9.82. The first-order chi connectivity index (χ1) is 8.54. The van der Waals surface area contributed by atoms with Crippen LogP contribution in [0.2, 0.25) is 0 Å². The monoisotopic (exact) mass is 233 g/mol. The van der Waals surface area contributed by atoms with Gasteiger partial charge >= 0.3 is 0 Å². The first-order valence-electron chi connectivity index (χ1n) is 6.17. The summed E-state index contributed by atoms with van der Waals surface area (Å²) in [5, 5.41) is 0. The summed E-state index contributed by atoms with van der Waals surface area (Å²) in [6.07, 6.45) is 0. The van der Waals surface area contributed by atoms with Gasteiger partial charge in [0.15, 0.2) is 5.69 Å². The zero-order valence-corrected chi connectivity index (χ0v) is 10.9. The Kier molecular flexibility index (Phi) is 2.12. The quantitative estimate of drug-likeness (QED) is 0.573. The molecular weight excluding hydrogens is 218 g/mol. The van der Waals surface area contributed by atoms with Crippen LogP contribution >= 0.6 is 0 Å². The number of nitrogens with zero attached hydrogens (tertiary/aromatic N) is 1. The summed E-state index contributed by atoms with van der Waals surface area (Å²) < 4.78 is 0. The van der Waals surface area contributed by atoms with Gasteiger partial charge in [0.2, 0.25) is 0 Å². The molecule has 18 heavy (non-hydrogen) atoms. The van der Waals surface area contributed by atoms with E-state index in [1.165, 1.54) is 27.8 Å². The molecular formula is C17H15N. The molecule has 1 nitrogen and oxygen atoms in total. The third-order valence-corrected chi connectivity index (χ3v) is 3.94. The summed E-state index contributed by atoms with van der Waals surface area (Å²) in [6, 6.07) is 12.7. The van der Waals surface area contributed by atoms with Crippen molar-refractivity contribution in [2.24, 2.45) is 0 Å². The van der Waals surface area contributed by atoms with Crippen LogP contribution in [0, 0.1) is 13.5 Å². The van der Waals surface area contributed by atoms with E-state index in [1.807, 2.05) is 12.1 Å². The van der Waals surface area contributed by atoms with Crippen LogP contribution in [-0.2, 0) is 5.41 Å². The lowest BCUT2D eigenvalue weighted by Gasteiger charge is -2.22. The van der Waals surface area contributed by atoms with Gasteiger partial charge < -0.3 is 0 Å². The Morgan fingerprint density at radius 1 is 0.944 bits per heavy atom. The Morgan fingerprint density at radius 3 is 2.22 bits per heavy atom. The highest BCUT2D eigenvalue weighted by Gasteiger charge is 2.35. The van der Waals surface area contributed by atoms with Gasteiger partial charge in [-0.25, -0.2) is 4.85 Å². The predicted molar refractivity (Wildman–Crippen MR) is 75.0 cm³/mol. The predicted octanol–water partition coefficient (Wildman–Crippen LogP) is 4.85. The Bertz CT molecular complexity index is 687. The van der Waals surface area contributed by atoms with Gasteiger partial charge in [0.1, 0.15) is 0 Å². The minimum Gasteiger partial charge on any atom is -0.238 e. The zero-order valence-electron chi connectivity index (χ0n) is 10.9. The third-order valence-electron chi connectivity index (χ3n) is 3.94. The van der Waals surface area contributed by atoms with Crippen molar-refractivity contribution in [3.05, 3.63) is 64.5 Å². The highest BCUT2D eigenvalue weighted by Crippen LogP contribution is 2.49. The molecule has 3 rings (SSSR count). The SMILES string of the molecule is [C-]#[N+]c1ccc2c(c1)C(C)(C)c1cc(C)ccc1-2. The lowest BCUT2D eigenvalue weighted by molar-refractivity contribution is 0.660. The molecule has 0 aliphatic heterocycles. The van der Waals surface area contributed by atoms with Crippen molar-refractivity contribution in [3.63, 3.8) is 0 Å². The maximum absolute atomic E-state index is 7.16. The number of hydrogen-bond acceptors (Lipinski definition) is 0. The topological polar surface area (TPSA) is 4.36 Å². The molecule has 2 aromatic carbocycles. The molecule has 0 saturated carbocycles. The molecule has 0 radical (unpaired) electrons. The Labute approximate surface area is 108 Å². The van der Waals surface area contributed by atoms with Crippen molar-refractivity contribution < 1.29 is 0 Å². The van der Waals surface area contributed by atoms with E-state index in [4.69, 9.17) is 6.57 Å². The minimum absolute atomic E-state index is 0.00259. The van der Waals surface area contributed by atoms with Crippen molar-refractivity contribution in [1.82, 2.24) is 0 Å². The highest BCUT2D eigenvalue weighted by molar-refractivity contribution is 5.82. The normalized spacial score (nSPS) is 14.8. The summed E-state index contributed by atoms with van der Waals surface area (Å²) >= 11 is 0. The minimum atomic E-state index is -0.00259. The summed E-state index contributed by atoms with van der Waals surface area (Å²) in [6.45, 7) is 13.8. The van der Waals surface area contributed by atoms with E-state index in [-0.39, 0.29) is 5.41 Å². The van der Waals surface area contributed by atoms with E-state index in [2.05, 4.69) is 49.9 Å². The molecule has 2 aromatic rings. The summed E-state index contributed by atoms with van der Waals surface area (Å²) in [5.74, 6) is 0. The fraction of sp³-hybridized carbons (Fsp3) is 0.235. The van der Waals surface area contributed by atoms with Gasteiger partial charge in [-0.3, -0.25) is 0 Å². The molecule has 0 aromatic heterocycles. The molecule has 1 aliphatic carbocycles. The fourth-order valence-electron chi connectivity index (χ4n) is 2.91. The van der Waals surface area contributed by atoms with Gasteiger partial charge in [-0.2, -0.15) is 0 Å². The van der Waals surface area contributed by atoms with Crippen LogP contribution in [0.3, 0.4) is 0 Å². The molecule has 0 saturated heterocycles. The Balaban J connectivity index is 2.35. The van der Waals surface area contributed by atoms with E-state index < -0.39 is 0 Å². The van der Waals surface area contributed by atoms with Crippen LogP contribution in [-0.4, -0.2) is 0 Å². The van der Waals surface area contributed by atoms with Gasteiger partial charge in [-0.05, 0) is 29.2 Å². The fourth-order valence-corrected chi connectivity index (χ4v) is 2.91. The van der Waals surface area contributed by atoms with Gasteiger partial charge in [0.25, 0.3) is 0 Å². The maximum Gasteiger partial charge on any atom is 0.187 e. The van der Waals surface area contributed by atoms with Crippen LogP contribution in [0.4, 0.5) is 5.69 Å². The average molecular weight is 233 g/mol. The largest absolute Gasteiger partial charge is 0.238 e. The van der Waals surface area contributed by atoms with Crippen LogP contribution in [0.1, 0.15) is 30.5 Å². The van der Waals surface area contributed by atoms with E-state index in [0.717, 1.165) is 5.69 Å². The standard InChI is InChI=1S/C17H15N/c1-11-5-7-13-14-8-6-12(18-4)10-16(14)17(2,3)15(13)9-11/h5-10H,1-3H3. The van der Waals surface area contributed by atoms with Crippen LogP contribution in [0.5, 0.6) is 0 Å². The van der Waals surface area contributed by atoms with Gasteiger partial charge in [0, 0.05) is 5.41 Å². The Morgan fingerprint density at radius 2 is 1.56 bits per heavy atom. The Hall–Kier alpha value is -2.07. The van der Waals surface area contributed by atoms with Crippen LogP contribution in [0.25, 0.3) is 16.0 Å². The van der Waals surface area contributed by atoms with Crippen molar-refractivity contribution in [2.45, 2.75) is 26.2 Å². The van der Waals surface area contributed by atoms with Gasteiger partial charge in [-0.15, -0.1) is 0 Å². The van der Waals surface area contributed by atoms with Crippen molar-refractivity contribution in [1.29, 1.82) is 0 Å². The molecule has 0 spiro atoms. The number of hydrogen-bond donors (Lipinski definition) is 0. The van der Waals surface area contributed by atoms with E-state index >= 15 is 0 Å². The first kappa shape index (κ1) is 11.0. The molecule has 0 N–H and O–H groups in total. The molecule has 0 heterocycles. The number of aryl methyl sites for hydroxylation is 1.